The molecule has 7 nitrogen and oxygen atoms in total. The van der Waals surface area contributed by atoms with Gasteiger partial charge in [-0.1, -0.05) is 26.0 Å². The van der Waals surface area contributed by atoms with E-state index in [0.29, 0.717) is 5.56 Å². The Bertz CT molecular complexity index is 787. The molecule has 0 bridgehead atoms. The molecule has 1 saturated carbocycles. The van der Waals surface area contributed by atoms with Crippen molar-refractivity contribution in [1.29, 1.82) is 0 Å². The molecule has 8 heteroatoms. The fourth-order valence-corrected chi connectivity index (χ4v) is 3.71. The lowest BCUT2D eigenvalue weighted by Gasteiger charge is -2.26. The third kappa shape index (κ3) is 3.16. The molecular weight excluding hydrogens is 332 g/mol. The standard InChI is InChI=1S/C16H22N2O5S/c1-9(10-6-5-7-11(8-10)24(17,22)23)18(4)14(19)12-13(15(20)21)16(12,2)3/h5-9,12-13H,1-4H3,(H,20,21)(H2,17,22,23)/t9?,12-,13+/m0/s1. The number of carboxylic acids is 1. The minimum absolute atomic E-state index is 0.0251. The molecule has 3 atom stereocenters. The summed E-state index contributed by atoms with van der Waals surface area (Å²) in [4.78, 5) is 25.3. The highest BCUT2D eigenvalue weighted by Crippen LogP contribution is 2.59. The minimum atomic E-state index is -3.83. The first-order chi connectivity index (χ1) is 10.9. The smallest absolute Gasteiger partial charge is 0.307 e. The normalized spacial score (nSPS) is 23.4. The van der Waals surface area contributed by atoms with Crippen molar-refractivity contribution >= 4 is 21.9 Å². The maximum atomic E-state index is 12.7. The van der Waals surface area contributed by atoms with E-state index in [2.05, 4.69) is 0 Å². The Labute approximate surface area is 141 Å². The van der Waals surface area contributed by atoms with E-state index in [4.69, 9.17) is 5.14 Å². The van der Waals surface area contributed by atoms with Crippen LogP contribution in [0.15, 0.2) is 29.2 Å². The molecule has 0 saturated heterocycles. The third-order valence-electron chi connectivity index (χ3n) is 4.96. The van der Waals surface area contributed by atoms with E-state index < -0.39 is 39.3 Å². The van der Waals surface area contributed by atoms with Gasteiger partial charge < -0.3 is 10.0 Å². The number of carboxylic acid groups (broad SMARTS) is 1. The Kier molecular flexibility index (Phi) is 4.49. The molecule has 1 amide bonds. The molecule has 1 aliphatic rings. The van der Waals surface area contributed by atoms with Gasteiger partial charge in [-0.05, 0) is 30.0 Å². The lowest BCUT2D eigenvalue weighted by atomic mass is 10.1. The molecule has 0 radical (unpaired) electrons. The molecule has 0 heterocycles. The Morgan fingerprint density at radius 2 is 1.88 bits per heavy atom. The fourth-order valence-electron chi connectivity index (χ4n) is 3.14. The summed E-state index contributed by atoms with van der Waals surface area (Å²) in [5.74, 6) is -2.52. The van der Waals surface area contributed by atoms with Gasteiger partial charge in [0.1, 0.15) is 0 Å². The van der Waals surface area contributed by atoms with Crippen molar-refractivity contribution in [1.82, 2.24) is 4.90 Å². The number of carbonyl (C=O) groups is 2. The van der Waals surface area contributed by atoms with Gasteiger partial charge in [-0.15, -0.1) is 0 Å². The molecule has 24 heavy (non-hydrogen) atoms. The highest BCUT2D eigenvalue weighted by molar-refractivity contribution is 7.89. The average Bonchev–Trinajstić information content (AvgIpc) is 3.07. The zero-order valence-corrected chi connectivity index (χ0v) is 14.9. The van der Waals surface area contributed by atoms with E-state index in [1.165, 1.54) is 17.0 Å². The number of rotatable bonds is 5. The van der Waals surface area contributed by atoms with Crippen LogP contribution >= 0.6 is 0 Å². The number of primary sulfonamides is 1. The molecule has 1 aromatic rings. The Morgan fingerprint density at radius 3 is 2.33 bits per heavy atom. The van der Waals surface area contributed by atoms with E-state index in [1.54, 1.807) is 40.0 Å². The largest absolute Gasteiger partial charge is 0.481 e. The molecule has 3 N–H and O–H groups in total. The number of carbonyl (C=O) groups excluding carboxylic acids is 1. The number of nitrogens with zero attached hydrogens (tertiary/aromatic N) is 1. The third-order valence-corrected chi connectivity index (χ3v) is 5.87. The molecule has 1 fully saturated rings. The highest BCUT2D eigenvalue weighted by atomic mass is 32.2. The Morgan fingerprint density at radius 1 is 1.29 bits per heavy atom. The lowest BCUT2D eigenvalue weighted by molar-refractivity contribution is -0.142. The second kappa shape index (κ2) is 5.86. The van der Waals surface area contributed by atoms with Crippen molar-refractivity contribution in [2.24, 2.45) is 22.4 Å². The second-order valence-corrected chi connectivity index (χ2v) is 8.42. The predicted octanol–water partition coefficient (Wildman–Crippen LogP) is 1.21. The number of hydrogen-bond acceptors (Lipinski definition) is 4. The fraction of sp³-hybridized carbons (Fsp3) is 0.500. The first-order valence-corrected chi connectivity index (χ1v) is 9.06. The van der Waals surface area contributed by atoms with Gasteiger partial charge in [-0.2, -0.15) is 0 Å². The average molecular weight is 354 g/mol. The molecular formula is C16H22N2O5S. The van der Waals surface area contributed by atoms with Crippen LogP contribution in [0.1, 0.15) is 32.4 Å². The number of sulfonamides is 1. The lowest BCUT2D eigenvalue weighted by Crippen LogP contribution is -2.32. The number of aliphatic carboxylic acids is 1. The molecule has 1 unspecified atom stereocenters. The predicted molar refractivity (Wildman–Crippen MR) is 87.4 cm³/mol. The SMILES string of the molecule is CC(c1cccc(S(N)(=O)=O)c1)N(C)C(=O)[C@@H]1[C@H](C(=O)O)C1(C)C. The monoisotopic (exact) mass is 354 g/mol. The van der Waals surface area contributed by atoms with Crippen molar-refractivity contribution < 1.29 is 23.1 Å². The van der Waals surface area contributed by atoms with Gasteiger partial charge in [0.2, 0.25) is 15.9 Å². The molecule has 0 aromatic heterocycles. The van der Waals surface area contributed by atoms with Crippen molar-refractivity contribution in [2.75, 3.05) is 7.05 Å². The first kappa shape index (κ1) is 18.4. The van der Waals surface area contributed by atoms with Crippen LogP contribution in [0.25, 0.3) is 0 Å². The maximum Gasteiger partial charge on any atom is 0.307 e. The topological polar surface area (TPSA) is 118 Å². The van der Waals surface area contributed by atoms with Crippen LogP contribution in [-0.4, -0.2) is 37.3 Å². The molecule has 2 rings (SSSR count). The molecule has 0 spiro atoms. The van der Waals surface area contributed by atoms with E-state index in [-0.39, 0.29) is 10.8 Å². The summed E-state index contributed by atoms with van der Waals surface area (Å²) in [5, 5.41) is 14.4. The Balaban J connectivity index is 2.23. The van der Waals surface area contributed by atoms with Gasteiger partial charge in [0.25, 0.3) is 0 Å². The zero-order chi connectivity index (χ0) is 18.4. The summed E-state index contributed by atoms with van der Waals surface area (Å²) in [6.07, 6.45) is 0. The number of benzene rings is 1. The van der Waals surface area contributed by atoms with Crippen molar-refractivity contribution in [3.63, 3.8) is 0 Å². The van der Waals surface area contributed by atoms with Gasteiger partial charge >= 0.3 is 5.97 Å². The van der Waals surface area contributed by atoms with Crippen LogP contribution in [0.2, 0.25) is 0 Å². The summed E-state index contributed by atoms with van der Waals surface area (Å²) in [7, 11) is -2.24. The maximum absolute atomic E-state index is 12.7. The summed E-state index contributed by atoms with van der Waals surface area (Å²) < 4.78 is 22.9. The number of nitrogens with two attached hydrogens (primary N) is 1. The van der Waals surface area contributed by atoms with Crippen LogP contribution in [0.3, 0.4) is 0 Å². The minimum Gasteiger partial charge on any atom is -0.481 e. The van der Waals surface area contributed by atoms with E-state index in [1.807, 2.05) is 0 Å². The van der Waals surface area contributed by atoms with Gasteiger partial charge in [0.05, 0.1) is 22.8 Å². The number of hydrogen-bond donors (Lipinski definition) is 2. The van der Waals surface area contributed by atoms with Crippen LogP contribution in [0.4, 0.5) is 0 Å². The molecule has 132 valence electrons. The summed E-state index contributed by atoms with van der Waals surface area (Å²) in [5.41, 5.74) is 0.0296. The van der Waals surface area contributed by atoms with Crippen molar-refractivity contribution in [2.45, 2.75) is 31.7 Å². The van der Waals surface area contributed by atoms with Gasteiger partial charge in [0, 0.05) is 7.05 Å². The quantitative estimate of drug-likeness (QED) is 0.824. The van der Waals surface area contributed by atoms with Gasteiger partial charge in [-0.3, -0.25) is 9.59 Å². The van der Waals surface area contributed by atoms with Gasteiger partial charge in [0.15, 0.2) is 0 Å². The van der Waals surface area contributed by atoms with Crippen molar-refractivity contribution in [3.8, 4) is 0 Å². The molecule has 1 aliphatic carbocycles. The number of amides is 1. The molecule has 0 aliphatic heterocycles. The van der Waals surface area contributed by atoms with Crippen molar-refractivity contribution in [3.05, 3.63) is 29.8 Å². The van der Waals surface area contributed by atoms with E-state index >= 15 is 0 Å². The van der Waals surface area contributed by atoms with Crippen LogP contribution in [0.5, 0.6) is 0 Å². The Hall–Kier alpha value is -1.93. The van der Waals surface area contributed by atoms with Crippen LogP contribution < -0.4 is 5.14 Å². The van der Waals surface area contributed by atoms with Crippen LogP contribution in [-0.2, 0) is 19.6 Å². The van der Waals surface area contributed by atoms with E-state index in [9.17, 15) is 23.1 Å². The van der Waals surface area contributed by atoms with Crippen LogP contribution in [0, 0.1) is 17.3 Å². The second-order valence-electron chi connectivity index (χ2n) is 6.86. The summed E-state index contributed by atoms with van der Waals surface area (Å²) >= 11 is 0. The zero-order valence-electron chi connectivity index (χ0n) is 14.1. The first-order valence-electron chi connectivity index (χ1n) is 7.51. The molecule has 1 aromatic carbocycles. The van der Waals surface area contributed by atoms with E-state index in [0.717, 1.165) is 0 Å². The van der Waals surface area contributed by atoms with Gasteiger partial charge in [-0.25, -0.2) is 13.6 Å². The summed E-state index contributed by atoms with van der Waals surface area (Å²) in [6, 6.07) is 5.67. The highest BCUT2D eigenvalue weighted by Gasteiger charge is 2.66. The summed E-state index contributed by atoms with van der Waals surface area (Å²) in [6.45, 7) is 5.27.